The molecule has 0 aliphatic rings. The lowest BCUT2D eigenvalue weighted by Crippen LogP contribution is -2.06. The first-order valence-corrected chi connectivity index (χ1v) is 6.68. The monoisotopic (exact) mass is 308 g/mol. The van der Waals surface area contributed by atoms with Crippen molar-refractivity contribution in [2.75, 3.05) is 17.7 Å². The van der Waals surface area contributed by atoms with E-state index in [-0.39, 0.29) is 17.3 Å². The Labute approximate surface area is 126 Å². The Balaban J connectivity index is 2.35. The topological polar surface area (TPSA) is 64.3 Å². The zero-order chi connectivity index (χ0) is 15.4. The number of nitrogens with two attached hydrogens (primary N) is 1. The molecule has 0 saturated carbocycles. The van der Waals surface area contributed by atoms with E-state index in [9.17, 15) is 9.18 Å². The number of carbonyl (C=O) groups excluding carboxylic acids is 1. The number of nitrogens with one attached hydrogen (secondary N) is 1. The zero-order valence-corrected chi connectivity index (χ0v) is 12.1. The van der Waals surface area contributed by atoms with Gasteiger partial charge in [0.2, 0.25) is 0 Å². The molecule has 0 saturated heterocycles. The Kier molecular flexibility index (Phi) is 4.65. The van der Waals surface area contributed by atoms with Crippen LogP contribution < -0.4 is 11.1 Å². The van der Waals surface area contributed by atoms with Gasteiger partial charge in [0, 0.05) is 0 Å². The predicted octanol–water partition coefficient (Wildman–Crippen LogP) is 3.98. The fraction of sp³-hybridized carbons (Fsp3) is 0.133. The van der Waals surface area contributed by atoms with Crippen LogP contribution in [-0.2, 0) is 4.74 Å². The summed E-state index contributed by atoms with van der Waals surface area (Å²) in [4.78, 5) is 11.7. The lowest BCUT2D eigenvalue weighted by atomic mass is 10.1. The number of hydrogen-bond donors (Lipinski definition) is 2. The molecule has 0 unspecified atom stereocenters. The van der Waals surface area contributed by atoms with Gasteiger partial charge in [0.05, 0.1) is 34.3 Å². The first-order valence-electron chi connectivity index (χ1n) is 6.30. The maximum atomic E-state index is 13.8. The van der Waals surface area contributed by atoms with Gasteiger partial charge >= 0.3 is 5.97 Å². The summed E-state index contributed by atoms with van der Waals surface area (Å²) in [5.74, 6) is -0.983. The molecule has 4 nitrogen and oxygen atoms in total. The Morgan fingerprint density at radius 3 is 2.81 bits per heavy atom. The first kappa shape index (κ1) is 15.1. The molecular formula is C15H14ClFN2O2. The summed E-state index contributed by atoms with van der Waals surface area (Å²) < 4.78 is 18.7. The molecule has 0 aliphatic carbocycles. The van der Waals surface area contributed by atoms with Crippen molar-refractivity contribution in [1.29, 1.82) is 0 Å². The molecule has 3 N–H and O–H groups in total. The van der Waals surface area contributed by atoms with Crippen LogP contribution in [-0.4, -0.2) is 12.6 Å². The molecule has 2 aromatic carbocycles. The van der Waals surface area contributed by atoms with Gasteiger partial charge in [-0.15, -0.1) is 0 Å². The molecular weight excluding hydrogens is 295 g/mol. The van der Waals surface area contributed by atoms with Crippen molar-refractivity contribution in [3.63, 3.8) is 0 Å². The summed E-state index contributed by atoms with van der Waals surface area (Å²) in [6, 6.07) is 8.92. The minimum absolute atomic E-state index is 0.104. The summed E-state index contributed by atoms with van der Waals surface area (Å²) in [5.41, 5.74) is 7.00. The molecule has 0 radical (unpaired) electrons. The summed E-state index contributed by atoms with van der Waals surface area (Å²) in [6.07, 6.45) is 0. The van der Waals surface area contributed by atoms with E-state index in [4.69, 9.17) is 22.1 Å². The molecule has 0 fully saturated rings. The van der Waals surface area contributed by atoms with Crippen LogP contribution in [0.25, 0.3) is 0 Å². The molecule has 0 bridgehead atoms. The number of anilines is 3. The van der Waals surface area contributed by atoms with Crippen molar-refractivity contribution in [3.8, 4) is 0 Å². The van der Waals surface area contributed by atoms with E-state index < -0.39 is 11.8 Å². The number of carbonyl (C=O) groups is 1. The Morgan fingerprint density at radius 1 is 1.38 bits per heavy atom. The van der Waals surface area contributed by atoms with Gasteiger partial charge in [0.25, 0.3) is 0 Å². The normalized spacial score (nSPS) is 10.2. The number of esters is 1. The minimum atomic E-state index is -0.511. The SMILES string of the molecule is CCOC(=O)c1ccc(N)c(Nc2c(F)cccc2Cl)c1. The van der Waals surface area contributed by atoms with Gasteiger partial charge in [-0.2, -0.15) is 0 Å². The van der Waals surface area contributed by atoms with Gasteiger partial charge in [0.1, 0.15) is 5.82 Å². The highest BCUT2D eigenvalue weighted by Gasteiger charge is 2.12. The van der Waals surface area contributed by atoms with Crippen LogP contribution in [0.5, 0.6) is 0 Å². The summed E-state index contributed by atoms with van der Waals surface area (Å²) in [7, 11) is 0. The van der Waals surface area contributed by atoms with Crippen LogP contribution in [0.4, 0.5) is 21.5 Å². The van der Waals surface area contributed by atoms with Crippen molar-refractivity contribution in [2.45, 2.75) is 6.92 Å². The number of nitrogen functional groups attached to an aromatic ring is 1. The fourth-order valence-corrected chi connectivity index (χ4v) is 1.97. The van der Waals surface area contributed by atoms with Crippen LogP contribution in [0.2, 0.25) is 5.02 Å². The third kappa shape index (κ3) is 3.44. The van der Waals surface area contributed by atoms with Gasteiger partial charge in [0.15, 0.2) is 0 Å². The van der Waals surface area contributed by atoms with E-state index in [0.717, 1.165) is 0 Å². The molecule has 110 valence electrons. The smallest absolute Gasteiger partial charge is 0.338 e. The van der Waals surface area contributed by atoms with Crippen molar-refractivity contribution in [1.82, 2.24) is 0 Å². The van der Waals surface area contributed by atoms with Crippen LogP contribution in [0.3, 0.4) is 0 Å². The molecule has 2 rings (SSSR count). The molecule has 6 heteroatoms. The average Bonchev–Trinajstić information content (AvgIpc) is 2.45. The number of rotatable bonds is 4. The van der Waals surface area contributed by atoms with Crippen LogP contribution in [0.1, 0.15) is 17.3 Å². The third-order valence-corrected chi connectivity index (χ3v) is 3.10. The second-order valence-corrected chi connectivity index (χ2v) is 4.65. The van der Waals surface area contributed by atoms with E-state index in [1.165, 1.54) is 18.2 Å². The molecule has 0 spiro atoms. The molecule has 0 atom stereocenters. The summed E-state index contributed by atoms with van der Waals surface area (Å²) >= 11 is 5.95. The van der Waals surface area contributed by atoms with Gasteiger partial charge < -0.3 is 15.8 Å². The van der Waals surface area contributed by atoms with E-state index in [1.54, 1.807) is 25.1 Å². The van der Waals surface area contributed by atoms with E-state index in [2.05, 4.69) is 5.32 Å². The number of ether oxygens (including phenoxy) is 1. The number of halogens is 2. The molecule has 2 aromatic rings. The standard InChI is InChI=1S/C15H14ClFN2O2/c1-2-21-15(20)9-6-7-12(18)13(8-9)19-14-10(16)4-3-5-11(14)17/h3-8,19H,2,18H2,1H3. The predicted molar refractivity (Wildman–Crippen MR) is 81.5 cm³/mol. The van der Waals surface area contributed by atoms with Crippen LogP contribution >= 0.6 is 11.6 Å². The van der Waals surface area contributed by atoms with E-state index >= 15 is 0 Å². The van der Waals surface area contributed by atoms with Crippen LogP contribution in [0, 0.1) is 5.82 Å². The molecule has 0 aliphatic heterocycles. The van der Waals surface area contributed by atoms with Crippen molar-refractivity contribution in [3.05, 3.63) is 52.8 Å². The second kappa shape index (κ2) is 6.45. The maximum absolute atomic E-state index is 13.8. The van der Waals surface area contributed by atoms with Crippen LogP contribution in [0.15, 0.2) is 36.4 Å². The number of para-hydroxylation sites is 1. The highest BCUT2D eigenvalue weighted by molar-refractivity contribution is 6.33. The van der Waals surface area contributed by atoms with E-state index in [1.807, 2.05) is 0 Å². The first-order chi connectivity index (χ1) is 10.0. The van der Waals surface area contributed by atoms with Crippen molar-refractivity contribution in [2.24, 2.45) is 0 Å². The number of hydrogen-bond acceptors (Lipinski definition) is 4. The highest BCUT2D eigenvalue weighted by atomic mass is 35.5. The highest BCUT2D eigenvalue weighted by Crippen LogP contribution is 2.31. The zero-order valence-electron chi connectivity index (χ0n) is 11.3. The lowest BCUT2D eigenvalue weighted by molar-refractivity contribution is 0.0526. The summed E-state index contributed by atoms with van der Waals surface area (Å²) in [6.45, 7) is 1.98. The fourth-order valence-electron chi connectivity index (χ4n) is 1.76. The Morgan fingerprint density at radius 2 is 2.14 bits per heavy atom. The second-order valence-electron chi connectivity index (χ2n) is 4.24. The summed E-state index contributed by atoms with van der Waals surface area (Å²) in [5, 5.41) is 3.02. The molecule has 0 heterocycles. The largest absolute Gasteiger partial charge is 0.462 e. The Bertz CT molecular complexity index is 656. The van der Waals surface area contributed by atoms with E-state index in [0.29, 0.717) is 16.9 Å². The van der Waals surface area contributed by atoms with Crippen molar-refractivity contribution >= 4 is 34.6 Å². The third-order valence-electron chi connectivity index (χ3n) is 2.79. The molecule has 0 amide bonds. The van der Waals surface area contributed by atoms with Gasteiger partial charge in [-0.1, -0.05) is 17.7 Å². The maximum Gasteiger partial charge on any atom is 0.338 e. The average molecular weight is 309 g/mol. The van der Waals surface area contributed by atoms with Gasteiger partial charge in [-0.05, 0) is 37.3 Å². The quantitative estimate of drug-likeness (QED) is 0.662. The van der Waals surface area contributed by atoms with Gasteiger partial charge in [-0.3, -0.25) is 0 Å². The number of benzene rings is 2. The minimum Gasteiger partial charge on any atom is -0.462 e. The Hall–Kier alpha value is -2.27. The molecule has 21 heavy (non-hydrogen) atoms. The van der Waals surface area contributed by atoms with Crippen molar-refractivity contribution < 1.29 is 13.9 Å². The van der Waals surface area contributed by atoms with Gasteiger partial charge in [-0.25, -0.2) is 9.18 Å². The molecule has 0 aromatic heterocycles. The lowest BCUT2D eigenvalue weighted by Gasteiger charge is -2.13.